The van der Waals surface area contributed by atoms with Crippen molar-refractivity contribution >= 4 is 11.6 Å². The zero-order valence-corrected chi connectivity index (χ0v) is 17.4. The Kier molecular flexibility index (Phi) is 6.58. The maximum Gasteiger partial charge on any atom is 0.255 e. The molecular weight excluding hydrogens is 457 g/mol. The topological polar surface area (TPSA) is 56.2 Å². The van der Waals surface area contributed by atoms with Crippen LogP contribution < -0.4 is 10.1 Å². The maximum atomic E-state index is 13.7. The summed E-state index contributed by atoms with van der Waals surface area (Å²) in [6, 6.07) is 11.9. The number of nitrogens with one attached hydrogen (secondary N) is 1. The van der Waals surface area contributed by atoms with E-state index >= 15 is 0 Å². The van der Waals surface area contributed by atoms with Gasteiger partial charge in [0.2, 0.25) is 11.6 Å². The van der Waals surface area contributed by atoms with Crippen molar-refractivity contribution in [3.8, 4) is 5.75 Å². The third kappa shape index (κ3) is 5.22. The van der Waals surface area contributed by atoms with Gasteiger partial charge in [-0.2, -0.15) is 13.9 Å². The number of rotatable bonds is 7. The zero-order chi connectivity index (χ0) is 24.2. The Morgan fingerprint density at radius 3 is 2.15 bits per heavy atom. The van der Waals surface area contributed by atoms with Gasteiger partial charge in [-0.15, -0.1) is 0 Å². The summed E-state index contributed by atoms with van der Waals surface area (Å²) in [7, 11) is 0. The van der Waals surface area contributed by atoms with E-state index in [1.807, 2.05) is 0 Å². The lowest BCUT2D eigenvalue weighted by Crippen LogP contribution is -2.11. The highest BCUT2D eigenvalue weighted by Crippen LogP contribution is 2.27. The molecule has 0 radical (unpaired) electrons. The van der Waals surface area contributed by atoms with Crippen molar-refractivity contribution in [2.75, 3.05) is 5.32 Å². The van der Waals surface area contributed by atoms with Crippen molar-refractivity contribution < 1.29 is 31.5 Å². The van der Waals surface area contributed by atoms with Crippen LogP contribution in [-0.4, -0.2) is 15.7 Å². The molecule has 0 aliphatic heterocycles. The first-order valence-corrected chi connectivity index (χ1v) is 9.93. The van der Waals surface area contributed by atoms with Gasteiger partial charge < -0.3 is 10.1 Å². The number of carbonyl (C=O) groups is 1. The Morgan fingerprint density at radius 2 is 1.50 bits per heavy atom. The summed E-state index contributed by atoms with van der Waals surface area (Å²) < 4.78 is 73.4. The fourth-order valence-electron chi connectivity index (χ4n) is 3.08. The summed E-state index contributed by atoms with van der Waals surface area (Å²) in [6.07, 6.45) is 3.08. The van der Waals surface area contributed by atoms with Gasteiger partial charge in [-0.25, -0.2) is 13.2 Å². The lowest BCUT2D eigenvalue weighted by atomic mass is 10.1. The Bertz CT molecular complexity index is 1300. The number of aromatic nitrogens is 2. The number of halogens is 5. The summed E-state index contributed by atoms with van der Waals surface area (Å²) >= 11 is 0. The summed E-state index contributed by atoms with van der Waals surface area (Å²) in [6.45, 7) is 0.00996. The van der Waals surface area contributed by atoms with Gasteiger partial charge in [0, 0.05) is 17.8 Å². The predicted octanol–water partition coefficient (Wildman–Crippen LogP) is 5.46. The van der Waals surface area contributed by atoms with E-state index in [-0.39, 0.29) is 24.1 Å². The molecule has 0 saturated heterocycles. The molecule has 1 N–H and O–H groups in total. The third-order valence-corrected chi connectivity index (χ3v) is 4.82. The smallest absolute Gasteiger partial charge is 0.255 e. The molecule has 0 fully saturated rings. The van der Waals surface area contributed by atoms with E-state index in [4.69, 9.17) is 4.74 Å². The van der Waals surface area contributed by atoms with E-state index in [1.165, 1.54) is 42.6 Å². The monoisotopic (exact) mass is 473 g/mol. The number of hydrogen-bond donors (Lipinski definition) is 1. The molecule has 1 heterocycles. The molecule has 0 aliphatic carbocycles. The highest BCUT2D eigenvalue weighted by molar-refractivity contribution is 6.04. The van der Waals surface area contributed by atoms with Crippen LogP contribution >= 0.6 is 0 Å². The standard InChI is InChI=1S/C24H16F5N3O2/c25-17-7-3-14(4-8-17)11-32-12-18(10-30-32)31-24(33)16-5-1-15(2-6-16)13-34-23-21(28)19(26)9-20(27)22(23)29/h1-10,12H,11,13H2,(H,31,33). The van der Waals surface area contributed by atoms with Crippen LogP contribution in [0.25, 0.3) is 0 Å². The van der Waals surface area contributed by atoms with Gasteiger partial charge in [-0.1, -0.05) is 24.3 Å². The minimum Gasteiger partial charge on any atom is -0.483 e. The average molecular weight is 473 g/mol. The Morgan fingerprint density at radius 1 is 0.882 bits per heavy atom. The number of nitrogens with zero attached hydrogens (tertiary/aromatic N) is 2. The molecule has 5 nitrogen and oxygen atoms in total. The van der Waals surface area contributed by atoms with Crippen LogP contribution in [0, 0.1) is 29.1 Å². The minimum absolute atomic E-state index is 0.0947. The Balaban J connectivity index is 1.36. The van der Waals surface area contributed by atoms with Crippen LogP contribution in [0.1, 0.15) is 21.5 Å². The second-order valence-corrected chi connectivity index (χ2v) is 7.29. The largest absolute Gasteiger partial charge is 0.483 e. The molecule has 34 heavy (non-hydrogen) atoms. The number of carbonyl (C=O) groups excluding carboxylic acids is 1. The van der Waals surface area contributed by atoms with E-state index < -0.39 is 34.9 Å². The molecule has 0 bridgehead atoms. The summed E-state index contributed by atoms with van der Waals surface area (Å²) in [5.74, 6) is -8.32. The number of anilines is 1. The van der Waals surface area contributed by atoms with Crippen LogP contribution in [-0.2, 0) is 13.2 Å². The van der Waals surface area contributed by atoms with Crippen LogP contribution in [0.15, 0.2) is 67.0 Å². The van der Waals surface area contributed by atoms with Gasteiger partial charge in [-0.05, 0) is 35.4 Å². The molecule has 0 atom stereocenters. The fourth-order valence-corrected chi connectivity index (χ4v) is 3.08. The number of benzene rings is 3. The molecule has 0 aliphatic rings. The molecule has 1 amide bonds. The van der Waals surface area contributed by atoms with Crippen molar-refractivity contribution in [2.24, 2.45) is 0 Å². The second kappa shape index (κ2) is 9.74. The van der Waals surface area contributed by atoms with E-state index in [2.05, 4.69) is 10.4 Å². The highest BCUT2D eigenvalue weighted by Gasteiger charge is 2.20. The summed E-state index contributed by atoms with van der Waals surface area (Å²) in [5, 5.41) is 6.83. The molecule has 0 unspecified atom stereocenters. The quantitative estimate of drug-likeness (QED) is 0.287. The van der Waals surface area contributed by atoms with Crippen molar-refractivity contribution in [1.29, 1.82) is 0 Å². The second-order valence-electron chi connectivity index (χ2n) is 7.29. The Hall–Kier alpha value is -4.21. The van der Waals surface area contributed by atoms with Crippen LogP contribution in [0.2, 0.25) is 0 Å². The van der Waals surface area contributed by atoms with Gasteiger partial charge >= 0.3 is 0 Å². The molecular formula is C24H16F5N3O2. The maximum absolute atomic E-state index is 13.7. The van der Waals surface area contributed by atoms with E-state index in [0.717, 1.165) is 5.56 Å². The average Bonchev–Trinajstić information content (AvgIpc) is 3.26. The van der Waals surface area contributed by atoms with Crippen LogP contribution in [0.4, 0.5) is 27.6 Å². The Labute approximate surface area is 190 Å². The van der Waals surface area contributed by atoms with Crippen molar-refractivity contribution in [3.05, 3.63) is 113 Å². The van der Waals surface area contributed by atoms with Gasteiger partial charge in [0.15, 0.2) is 17.4 Å². The summed E-state index contributed by atoms with van der Waals surface area (Å²) in [5.41, 5.74) is 1.97. The minimum atomic E-state index is -1.63. The third-order valence-electron chi connectivity index (χ3n) is 4.82. The number of hydrogen-bond acceptors (Lipinski definition) is 3. The van der Waals surface area contributed by atoms with E-state index in [1.54, 1.807) is 23.0 Å². The van der Waals surface area contributed by atoms with Gasteiger partial charge in [0.25, 0.3) is 5.91 Å². The zero-order valence-electron chi connectivity index (χ0n) is 17.4. The van der Waals surface area contributed by atoms with E-state index in [9.17, 15) is 26.7 Å². The predicted molar refractivity (Wildman–Crippen MR) is 113 cm³/mol. The van der Waals surface area contributed by atoms with Gasteiger partial charge in [0.05, 0.1) is 18.4 Å². The number of amides is 1. The van der Waals surface area contributed by atoms with Crippen molar-refractivity contribution in [1.82, 2.24) is 9.78 Å². The molecule has 4 aromatic rings. The molecule has 0 spiro atoms. The molecule has 10 heteroatoms. The first-order chi connectivity index (χ1) is 16.3. The lowest BCUT2D eigenvalue weighted by molar-refractivity contribution is 0.102. The molecule has 0 saturated carbocycles. The van der Waals surface area contributed by atoms with Crippen molar-refractivity contribution in [2.45, 2.75) is 13.2 Å². The normalized spacial score (nSPS) is 10.9. The first-order valence-electron chi connectivity index (χ1n) is 9.93. The van der Waals surface area contributed by atoms with E-state index in [0.29, 0.717) is 17.8 Å². The summed E-state index contributed by atoms with van der Waals surface area (Å²) in [4.78, 5) is 12.5. The lowest BCUT2D eigenvalue weighted by Gasteiger charge is -2.10. The number of ether oxygens (including phenoxy) is 1. The van der Waals surface area contributed by atoms with Crippen LogP contribution in [0.5, 0.6) is 5.75 Å². The van der Waals surface area contributed by atoms with Crippen molar-refractivity contribution in [3.63, 3.8) is 0 Å². The molecule has 174 valence electrons. The van der Waals surface area contributed by atoms with Gasteiger partial charge in [-0.3, -0.25) is 9.48 Å². The molecule has 4 rings (SSSR count). The molecule has 3 aromatic carbocycles. The van der Waals surface area contributed by atoms with Gasteiger partial charge in [0.1, 0.15) is 12.4 Å². The fraction of sp³-hybridized carbons (Fsp3) is 0.0833. The SMILES string of the molecule is O=C(Nc1cnn(Cc2ccc(F)cc2)c1)c1ccc(COc2c(F)c(F)cc(F)c2F)cc1. The molecule has 1 aromatic heterocycles. The highest BCUT2D eigenvalue weighted by atomic mass is 19.2. The van der Waals surface area contributed by atoms with Crippen LogP contribution in [0.3, 0.4) is 0 Å². The first kappa shape index (κ1) is 23.0.